The molecule has 31 heavy (non-hydrogen) atoms. The van der Waals surface area contributed by atoms with Gasteiger partial charge in [-0.1, -0.05) is 6.07 Å². The van der Waals surface area contributed by atoms with Gasteiger partial charge in [-0.25, -0.2) is 4.79 Å². The number of anilines is 2. The van der Waals surface area contributed by atoms with Crippen molar-refractivity contribution in [1.29, 1.82) is 0 Å². The van der Waals surface area contributed by atoms with Gasteiger partial charge in [-0.2, -0.15) is 0 Å². The van der Waals surface area contributed by atoms with Gasteiger partial charge in [-0.3, -0.25) is 9.59 Å². The van der Waals surface area contributed by atoms with E-state index in [4.69, 9.17) is 9.84 Å². The van der Waals surface area contributed by atoms with Crippen molar-refractivity contribution in [3.05, 3.63) is 83.9 Å². The van der Waals surface area contributed by atoms with Gasteiger partial charge in [0.1, 0.15) is 5.75 Å². The molecule has 3 aromatic carbocycles. The van der Waals surface area contributed by atoms with Crippen LogP contribution in [0.5, 0.6) is 5.75 Å². The highest BCUT2D eigenvalue weighted by Crippen LogP contribution is 2.21. The zero-order valence-corrected chi connectivity index (χ0v) is 17.4. The van der Waals surface area contributed by atoms with Gasteiger partial charge < -0.3 is 20.5 Å². The van der Waals surface area contributed by atoms with Crippen LogP contribution in [0.15, 0.2) is 77.7 Å². The Morgan fingerprint density at radius 2 is 1.58 bits per heavy atom. The number of methoxy groups -OCH3 is 1. The molecule has 7 nitrogen and oxygen atoms in total. The summed E-state index contributed by atoms with van der Waals surface area (Å²) in [6, 6.07) is 20.0. The van der Waals surface area contributed by atoms with E-state index in [9.17, 15) is 14.4 Å². The zero-order chi connectivity index (χ0) is 22.2. The first-order chi connectivity index (χ1) is 14.9. The Balaban J connectivity index is 1.50. The molecule has 0 aromatic heterocycles. The number of benzene rings is 3. The van der Waals surface area contributed by atoms with E-state index in [2.05, 4.69) is 10.6 Å². The summed E-state index contributed by atoms with van der Waals surface area (Å²) >= 11 is 1.33. The van der Waals surface area contributed by atoms with Gasteiger partial charge in [0.2, 0.25) is 5.91 Å². The zero-order valence-electron chi connectivity index (χ0n) is 16.6. The second-order valence-electron chi connectivity index (χ2n) is 6.43. The third-order valence-electron chi connectivity index (χ3n) is 4.23. The van der Waals surface area contributed by atoms with Crippen molar-refractivity contribution in [2.75, 3.05) is 23.5 Å². The molecule has 0 bridgehead atoms. The van der Waals surface area contributed by atoms with E-state index in [1.54, 1.807) is 55.6 Å². The van der Waals surface area contributed by atoms with Crippen LogP contribution in [0.3, 0.4) is 0 Å². The molecule has 0 aliphatic carbocycles. The molecule has 0 atom stereocenters. The van der Waals surface area contributed by atoms with Crippen LogP contribution in [0.2, 0.25) is 0 Å². The highest BCUT2D eigenvalue weighted by atomic mass is 32.2. The number of rotatable bonds is 8. The Kier molecular flexibility index (Phi) is 7.29. The summed E-state index contributed by atoms with van der Waals surface area (Å²) in [7, 11) is 1.56. The van der Waals surface area contributed by atoms with Gasteiger partial charge in [0, 0.05) is 21.8 Å². The first-order valence-corrected chi connectivity index (χ1v) is 10.2. The topological polar surface area (TPSA) is 105 Å². The smallest absolute Gasteiger partial charge is 0.335 e. The molecule has 0 aliphatic rings. The lowest BCUT2D eigenvalue weighted by Gasteiger charge is -2.08. The SMILES string of the molecule is COc1ccc(C(=O)Nc2ccc(SCC(=O)Nc3cccc(C(=O)O)c3)cc2)cc1. The Labute approximate surface area is 183 Å². The molecular weight excluding hydrogens is 416 g/mol. The molecule has 0 aliphatic heterocycles. The van der Waals surface area contributed by atoms with Crippen molar-refractivity contribution in [1.82, 2.24) is 0 Å². The Morgan fingerprint density at radius 1 is 0.871 bits per heavy atom. The minimum absolute atomic E-state index is 0.109. The van der Waals surface area contributed by atoms with Gasteiger partial charge in [0.15, 0.2) is 0 Å². The fourth-order valence-corrected chi connectivity index (χ4v) is 3.35. The number of hydrogen-bond donors (Lipinski definition) is 3. The van der Waals surface area contributed by atoms with E-state index in [0.717, 1.165) is 4.90 Å². The lowest BCUT2D eigenvalue weighted by molar-refractivity contribution is -0.113. The second kappa shape index (κ2) is 10.3. The lowest BCUT2D eigenvalue weighted by Crippen LogP contribution is -2.14. The summed E-state index contributed by atoms with van der Waals surface area (Å²) in [5.74, 6) is -0.689. The minimum Gasteiger partial charge on any atom is -0.497 e. The van der Waals surface area contributed by atoms with Crippen LogP contribution >= 0.6 is 11.8 Å². The molecule has 0 heterocycles. The fraction of sp³-hybridized carbons (Fsp3) is 0.0870. The minimum atomic E-state index is -1.05. The van der Waals surface area contributed by atoms with Gasteiger partial charge in [0.25, 0.3) is 5.91 Å². The molecule has 3 N–H and O–H groups in total. The quantitative estimate of drug-likeness (QED) is 0.453. The summed E-state index contributed by atoms with van der Waals surface area (Å²) in [5, 5.41) is 14.5. The Bertz CT molecular complexity index is 1080. The van der Waals surface area contributed by atoms with Crippen LogP contribution in [0.1, 0.15) is 20.7 Å². The van der Waals surface area contributed by atoms with E-state index >= 15 is 0 Å². The number of carbonyl (C=O) groups is 3. The standard InChI is InChI=1S/C23H20N2O5S/c1-30-19-9-5-15(6-10-19)22(27)25-17-7-11-20(12-8-17)31-14-21(26)24-18-4-2-3-16(13-18)23(28)29/h2-13H,14H2,1H3,(H,24,26)(H,25,27)(H,28,29). The summed E-state index contributed by atoms with van der Waals surface area (Å²) in [4.78, 5) is 36.3. The van der Waals surface area contributed by atoms with Gasteiger partial charge >= 0.3 is 5.97 Å². The summed E-state index contributed by atoms with van der Waals surface area (Å²) in [5.41, 5.74) is 1.70. The molecule has 0 unspecified atom stereocenters. The number of carboxylic acids is 1. The van der Waals surface area contributed by atoms with Crippen LogP contribution in [0.25, 0.3) is 0 Å². The van der Waals surface area contributed by atoms with Crippen molar-refractivity contribution in [2.45, 2.75) is 4.90 Å². The predicted molar refractivity (Wildman–Crippen MR) is 120 cm³/mol. The van der Waals surface area contributed by atoms with E-state index in [1.807, 2.05) is 12.1 Å². The molecule has 8 heteroatoms. The maximum atomic E-state index is 12.3. The van der Waals surface area contributed by atoms with Crippen molar-refractivity contribution < 1.29 is 24.2 Å². The average molecular weight is 436 g/mol. The highest BCUT2D eigenvalue weighted by Gasteiger charge is 2.09. The van der Waals surface area contributed by atoms with E-state index < -0.39 is 5.97 Å². The molecule has 0 spiro atoms. The number of aromatic carboxylic acids is 1. The Hall–Kier alpha value is -3.78. The fourth-order valence-electron chi connectivity index (χ4n) is 2.66. The molecule has 3 aromatic rings. The summed E-state index contributed by atoms with van der Waals surface area (Å²) in [6.45, 7) is 0. The van der Waals surface area contributed by atoms with Gasteiger partial charge in [-0.05, 0) is 66.7 Å². The third kappa shape index (κ3) is 6.35. The first kappa shape index (κ1) is 21.9. The van der Waals surface area contributed by atoms with Crippen LogP contribution in [0.4, 0.5) is 11.4 Å². The maximum absolute atomic E-state index is 12.3. The molecule has 3 rings (SSSR count). The number of thioether (sulfide) groups is 1. The number of carbonyl (C=O) groups excluding carboxylic acids is 2. The molecule has 0 saturated heterocycles. The first-order valence-electron chi connectivity index (χ1n) is 9.26. The maximum Gasteiger partial charge on any atom is 0.335 e. The average Bonchev–Trinajstić information content (AvgIpc) is 2.79. The van der Waals surface area contributed by atoms with Gasteiger partial charge in [0.05, 0.1) is 18.4 Å². The highest BCUT2D eigenvalue weighted by molar-refractivity contribution is 8.00. The van der Waals surface area contributed by atoms with Crippen molar-refractivity contribution in [3.63, 3.8) is 0 Å². The third-order valence-corrected chi connectivity index (χ3v) is 5.24. The van der Waals surface area contributed by atoms with E-state index in [-0.39, 0.29) is 23.1 Å². The van der Waals surface area contributed by atoms with E-state index in [0.29, 0.717) is 22.7 Å². The number of amides is 2. The number of carboxylic acid groups (broad SMARTS) is 1. The van der Waals surface area contributed by atoms with Crippen LogP contribution < -0.4 is 15.4 Å². The van der Waals surface area contributed by atoms with E-state index in [1.165, 1.54) is 23.9 Å². The molecule has 0 radical (unpaired) electrons. The van der Waals surface area contributed by atoms with Crippen LogP contribution in [-0.2, 0) is 4.79 Å². The summed E-state index contributed by atoms with van der Waals surface area (Å²) in [6.07, 6.45) is 0. The van der Waals surface area contributed by atoms with Crippen molar-refractivity contribution in [2.24, 2.45) is 0 Å². The molecule has 0 saturated carbocycles. The van der Waals surface area contributed by atoms with Gasteiger partial charge in [-0.15, -0.1) is 11.8 Å². The molecular formula is C23H20N2O5S. The normalized spacial score (nSPS) is 10.2. The molecule has 2 amide bonds. The Morgan fingerprint density at radius 3 is 2.23 bits per heavy atom. The predicted octanol–water partition coefficient (Wildman–Crippen LogP) is 4.38. The monoisotopic (exact) mass is 436 g/mol. The largest absolute Gasteiger partial charge is 0.497 e. The number of hydrogen-bond acceptors (Lipinski definition) is 5. The molecule has 158 valence electrons. The second-order valence-corrected chi connectivity index (χ2v) is 7.48. The number of nitrogens with one attached hydrogen (secondary N) is 2. The van der Waals surface area contributed by atoms with Crippen LogP contribution in [-0.4, -0.2) is 35.8 Å². The van der Waals surface area contributed by atoms with Crippen molar-refractivity contribution >= 4 is 40.9 Å². The van der Waals surface area contributed by atoms with Crippen LogP contribution in [0, 0.1) is 0 Å². The van der Waals surface area contributed by atoms with Crippen molar-refractivity contribution in [3.8, 4) is 5.75 Å². The molecule has 0 fully saturated rings. The lowest BCUT2D eigenvalue weighted by atomic mass is 10.2. The number of ether oxygens (including phenoxy) is 1. The summed E-state index contributed by atoms with van der Waals surface area (Å²) < 4.78 is 5.08.